The predicted octanol–water partition coefficient (Wildman–Crippen LogP) is 4.46. The third kappa shape index (κ3) is 3.04. The van der Waals surface area contributed by atoms with Crippen molar-refractivity contribution in [2.45, 2.75) is 20.0 Å². The van der Waals surface area contributed by atoms with Crippen LogP contribution in [0.3, 0.4) is 0 Å². The monoisotopic (exact) mass is 283 g/mol. The van der Waals surface area contributed by atoms with E-state index < -0.39 is 11.7 Å². The Hall–Kier alpha value is -1.75. The summed E-state index contributed by atoms with van der Waals surface area (Å²) in [6.07, 6.45) is -2.51. The van der Waals surface area contributed by atoms with E-state index in [9.17, 15) is 13.2 Å². The van der Waals surface area contributed by atoms with Gasteiger partial charge in [-0.1, -0.05) is 25.1 Å². The van der Waals surface area contributed by atoms with Crippen LogP contribution in [0.4, 0.5) is 13.2 Å². The van der Waals surface area contributed by atoms with E-state index in [0.717, 1.165) is 18.2 Å². The molecule has 1 heterocycles. The topological polar surface area (TPSA) is 25.2 Å². The summed E-state index contributed by atoms with van der Waals surface area (Å²) in [7, 11) is 0. The number of furan rings is 1. The van der Waals surface area contributed by atoms with Crippen LogP contribution in [0.5, 0.6) is 0 Å². The minimum Gasteiger partial charge on any atom is -0.456 e. The molecular weight excluding hydrogens is 267 g/mol. The molecule has 0 saturated carbocycles. The summed E-state index contributed by atoms with van der Waals surface area (Å²) in [4.78, 5) is 0. The highest BCUT2D eigenvalue weighted by Crippen LogP contribution is 2.36. The van der Waals surface area contributed by atoms with Crippen LogP contribution in [0.25, 0.3) is 16.5 Å². The summed E-state index contributed by atoms with van der Waals surface area (Å²) < 4.78 is 44.1. The highest BCUT2D eigenvalue weighted by atomic mass is 19.4. The van der Waals surface area contributed by atoms with Gasteiger partial charge in [-0.15, -0.1) is 0 Å². The number of allylic oxidation sites excluding steroid dienone is 1. The van der Waals surface area contributed by atoms with Crippen LogP contribution < -0.4 is 5.32 Å². The van der Waals surface area contributed by atoms with E-state index in [1.54, 1.807) is 12.1 Å². The van der Waals surface area contributed by atoms with E-state index in [-0.39, 0.29) is 5.58 Å². The summed E-state index contributed by atoms with van der Waals surface area (Å²) in [5.41, 5.74) is -0.0257. The number of alkyl halides is 3. The van der Waals surface area contributed by atoms with Crippen molar-refractivity contribution >= 4 is 16.5 Å². The van der Waals surface area contributed by atoms with E-state index in [1.807, 2.05) is 19.9 Å². The Labute approximate surface area is 115 Å². The summed E-state index contributed by atoms with van der Waals surface area (Å²) in [6, 6.07) is 5.69. The Bertz CT molecular complexity index is 626. The van der Waals surface area contributed by atoms with Crippen LogP contribution in [0, 0.1) is 0 Å². The second-order valence-electron chi connectivity index (χ2n) is 4.53. The fourth-order valence-corrected chi connectivity index (χ4v) is 1.95. The first-order chi connectivity index (χ1) is 9.43. The van der Waals surface area contributed by atoms with Crippen LogP contribution in [-0.2, 0) is 6.18 Å². The Morgan fingerprint density at radius 3 is 2.75 bits per heavy atom. The van der Waals surface area contributed by atoms with Gasteiger partial charge >= 0.3 is 6.18 Å². The van der Waals surface area contributed by atoms with Gasteiger partial charge < -0.3 is 9.73 Å². The first-order valence-electron chi connectivity index (χ1n) is 6.41. The molecule has 0 atom stereocenters. The number of benzene rings is 1. The molecule has 2 aromatic rings. The smallest absolute Gasteiger partial charge is 0.420 e. The Kier molecular flexibility index (Phi) is 4.18. The van der Waals surface area contributed by atoms with Gasteiger partial charge in [0, 0.05) is 11.9 Å². The van der Waals surface area contributed by atoms with Crippen molar-refractivity contribution in [3.05, 3.63) is 41.7 Å². The number of rotatable bonds is 4. The Morgan fingerprint density at radius 1 is 1.35 bits per heavy atom. The van der Waals surface area contributed by atoms with Gasteiger partial charge in [-0.25, -0.2) is 0 Å². The normalized spacial score (nSPS) is 13.2. The molecule has 0 fully saturated rings. The number of halogens is 3. The molecule has 0 saturated heterocycles. The minimum atomic E-state index is -4.41. The zero-order valence-corrected chi connectivity index (χ0v) is 11.3. The molecule has 0 radical (unpaired) electrons. The zero-order chi connectivity index (χ0) is 14.8. The summed E-state index contributed by atoms with van der Waals surface area (Å²) in [5, 5.41) is 3.58. The van der Waals surface area contributed by atoms with Crippen molar-refractivity contribution < 1.29 is 17.6 Å². The molecule has 0 unspecified atom stereocenters. The molecule has 1 aromatic carbocycles. The molecule has 2 nitrogen and oxygen atoms in total. The summed E-state index contributed by atoms with van der Waals surface area (Å²) in [6.45, 7) is 5.30. The molecule has 2 rings (SSSR count). The molecule has 108 valence electrons. The van der Waals surface area contributed by atoms with Crippen molar-refractivity contribution in [2.75, 3.05) is 13.1 Å². The van der Waals surface area contributed by atoms with Crippen LogP contribution in [0.1, 0.15) is 25.2 Å². The quantitative estimate of drug-likeness (QED) is 0.838. The maximum atomic E-state index is 12.9. The second-order valence-corrected chi connectivity index (χ2v) is 4.53. The lowest BCUT2D eigenvalue weighted by atomic mass is 10.1. The Balaban J connectivity index is 2.41. The van der Waals surface area contributed by atoms with Crippen molar-refractivity contribution in [1.82, 2.24) is 5.32 Å². The van der Waals surface area contributed by atoms with E-state index >= 15 is 0 Å². The number of hydrogen-bond acceptors (Lipinski definition) is 2. The number of nitrogens with one attached hydrogen (secondary N) is 1. The maximum absolute atomic E-state index is 12.9. The fraction of sp³-hybridized carbons (Fsp3) is 0.333. The second kappa shape index (κ2) is 5.71. The molecule has 0 aliphatic rings. The minimum absolute atomic E-state index is 0.105. The van der Waals surface area contributed by atoms with Crippen molar-refractivity contribution in [1.29, 1.82) is 0 Å². The lowest BCUT2D eigenvalue weighted by molar-refractivity contribution is -0.136. The largest absolute Gasteiger partial charge is 0.456 e. The molecule has 0 spiro atoms. The van der Waals surface area contributed by atoms with E-state index in [2.05, 4.69) is 5.32 Å². The van der Waals surface area contributed by atoms with E-state index in [1.165, 1.54) is 6.07 Å². The van der Waals surface area contributed by atoms with Gasteiger partial charge in [0.1, 0.15) is 11.3 Å². The predicted molar refractivity (Wildman–Crippen MR) is 73.4 cm³/mol. The van der Waals surface area contributed by atoms with Gasteiger partial charge in [-0.2, -0.15) is 13.2 Å². The summed E-state index contributed by atoms with van der Waals surface area (Å²) >= 11 is 0. The first kappa shape index (κ1) is 14.7. The molecule has 1 aromatic heterocycles. The van der Waals surface area contributed by atoms with Gasteiger partial charge in [0.15, 0.2) is 0 Å². The lowest BCUT2D eigenvalue weighted by Crippen LogP contribution is -2.11. The highest BCUT2D eigenvalue weighted by Gasteiger charge is 2.34. The highest BCUT2D eigenvalue weighted by molar-refractivity contribution is 5.84. The van der Waals surface area contributed by atoms with Gasteiger partial charge in [-0.3, -0.25) is 0 Å². The SMILES string of the molecule is CCNC/C=C(\C)c1cc2cccc(C(F)(F)F)c2o1. The third-order valence-electron chi connectivity index (χ3n) is 3.04. The fourth-order valence-electron chi connectivity index (χ4n) is 1.95. The maximum Gasteiger partial charge on any atom is 0.420 e. The number of fused-ring (bicyclic) bond motifs is 1. The average Bonchev–Trinajstić information content (AvgIpc) is 2.81. The standard InChI is InChI=1S/C15H16F3NO/c1-3-19-8-7-10(2)13-9-11-5-4-6-12(14(11)20-13)15(16,17)18/h4-7,9,19H,3,8H2,1-2H3/b10-7+. The van der Waals surface area contributed by atoms with Crippen molar-refractivity contribution in [3.63, 3.8) is 0 Å². The van der Waals surface area contributed by atoms with Crippen LogP contribution in [-0.4, -0.2) is 13.1 Å². The zero-order valence-electron chi connectivity index (χ0n) is 11.3. The van der Waals surface area contributed by atoms with Crippen molar-refractivity contribution in [2.24, 2.45) is 0 Å². The first-order valence-corrected chi connectivity index (χ1v) is 6.41. The van der Waals surface area contributed by atoms with Crippen LogP contribution >= 0.6 is 0 Å². The molecule has 0 bridgehead atoms. The average molecular weight is 283 g/mol. The third-order valence-corrected chi connectivity index (χ3v) is 3.04. The molecule has 0 aliphatic heterocycles. The Morgan fingerprint density at radius 2 is 2.10 bits per heavy atom. The summed E-state index contributed by atoms with van der Waals surface area (Å²) in [5.74, 6) is 0.467. The number of hydrogen-bond donors (Lipinski definition) is 1. The molecule has 20 heavy (non-hydrogen) atoms. The van der Waals surface area contributed by atoms with Crippen LogP contribution in [0.2, 0.25) is 0 Å². The van der Waals surface area contributed by atoms with Gasteiger partial charge in [0.05, 0.1) is 5.56 Å². The molecule has 5 heteroatoms. The molecule has 0 aliphatic carbocycles. The van der Waals surface area contributed by atoms with Crippen molar-refractivity contribution in [3.8, 4) is 0 Å². The van der Waals surface area contributed by atoms with Gasteiger partial charge in [0.25, 0.3) is 0 Å². The van der Waals surface area contributed by atoms with Gasteiger partial charge in [-0.05, 0) is 31.2 Å². The molecule has 1 N–H and O–H groups in total. The number of para-hydroxylation sites is 1. The molecule has 0 amide bonds. The molecular formula is C15H16F3NO. The number of likely N-dealkylation sites (N-methyl/N-ethyl adjacent to an activating group) is 1. The van der Waals surface area contributed by atoms with E-state index in [4.69, 9.17) is 4.42 Å². The van der Waals surface area contributed by atoms with E-state index in [0.29, 0.717) is 17.7 Å². The van der Waals surface area contributed by atoms with Crippen LogP contribution in [0.15, 0.2) is 34.8 Å². The lowest BCUT2D eigenvalue weighted by Gasteiger charge is -2.06. The van der Waals surface area contributed by atoms with Gasteiger partial charge in [0.2, 0.25) is 0 Å².